The van der Waals surface area contributed by atoms with Crippen molar-refractivity contribution in [3.8, 4) is 0 Å². The highest BCUT2D eigenvalue weighted by Crippen LogP contribution is 2.45. The molecule has 0 aliphatic carbocycles. The molecular weight excluding hydrogens is 1040 g/mol. The van der Waals surface area contributed by atoms with E-state index in [2.05, 4.69) is 41.5 Å². The molecule has 0 bridgehead atoms. The molecule has 5 atom stereocenters. The standard InChI is InChI=1S/C59H114O17P2/c1-7-9-11-13-15-17-23-29-35-41-56(61)69-47-54(75-58(63)43-37-31-24-18-16-14-12-10-8-2)49-73-77(65,66)71-45-53(60)46-72-78(67,68)74-50-55(76-59(64)44-38-32-26-20-22-28-34-40-52(5)6)48-70-57(62)42-36-30-25-19-21-27-33-39-51(3)4/h51-55,60H,7-50H2,1-6H3,(H,65,66)(H,67,68)/t53-,54+,55+/m0/s1. The van der Waals surface area contributed by atoms with E-state index in [9.17, 15) is 43.2 Å². The van der Waals surface area contributed by atoms with Crippen LogP contribution in [-0.2, 0) is 65.4 Å². The minimum Gasteiger partial charge on any atom is -0.462 e. The first kappa shape index (κ1) is 76.1. The molecule has 0 saturated heterocycles. The zero-order chi connectivity index (χ0) is 58.0. The van der Waals surface area contributed by atoms with Crippen LogP contribution in [0, 0.1) is 11.8 Å². The maximum absolute atomic E-state index is 12.9. The molecule has 0 aliphatic rings. The zero-order valence-electron chi connectivity index (χ0n) is 50.0. The van der Waals surface area contributed by atoms with Crippen LogP contribution in [0.2, 0.25) is 0 Å². The molecule has 0 aromatic rings. The summed E-state index contributed by atoms with van der Waals surface area (Å²) >= 11 is 0. The molecule has 0 aliphatic heterocycles. The lowest BCUT2D eigenvalue weighted by atomic mass is 10.0. The molecule has 2 unspecified atom stereocenters. The van der Waals surface area contributed by atoms with Gasteiger partial charge < -0.3 is 33.8 Å². The van der Waals surface area contributed by atoms with Gasteiger partial charge in [0.25, 0.3) is 0 Å². The molecule has 0 spiro atoms. The third-order valence-corrected chi connectivity index (χ3v) is 15.4. The number of unbranched alkanes of at least 4 members (excludes halogenated alkanes) is 28. The molecule has 0 amide bonds. The van der Waals surface area contributed by atoms with Crippen LogP contribution in [0.25, 0.3) is 0 Å². The lowest BCUT2D eigenvalue weighted by Crippen LogP contribution is -2.30. The van der Waals surface area contributed by atoms with Gasteiger partial charge in [-0.05, 0) is 37.5 Å². The summed E-state index contributed by atoms with van der Waals surface area (Å²) in [4.78, 5) is 71.8. The first-order chi connectivity index (χ1) is 37.4. The van der Waals surface area contributed by atoms with E-state index in [4.69, 9.17) is 37.0 Å². The molecule has 19 heteroatoms. The van der Waals surface area contributed by atoms with Gasteiger partial charge in [-0.15, -0.1) is 0 Å². The Morgan fingerprint density at radius 1 is 0.346 bits per heavy atom. The summed E-state index contributed by atoms with van der Waals surface area (Å²) in [5.41, 5.74) is 0. The van der Waals surface area contributed by atoms with E-state index in [-0.39, 0.29) is 25.7 Å². The fraction of sp³-hybridized carbons (Fsp3) is 0.932. The summed E-state index contributed by atoms with van der Waals surface area (Å²) in [6.45, 7) is 9.30. The Bertz CT molecular complexity index is 1550. The lowest BCUT2D eigenvalue weighted by Gasteiger charge is -2.21. The van der Waals surface area contributed by atoms with E-state index in [0.29, 0.717) is 37.5 Å². The second-order valence-corrected chi connectivity index (χ2v) is 25.2. The number of ether oxygens (including phenoxy) is 4. The highest BCUT2D eigenvalue weighted by molar-refractivity contribution is 7.47. The van der Waals surface area contributed by atoms with Crippen LogP contribution in [0.4, 0.5) is 0 Å². The van der Waals surface area contributed by atoms with Crippen molar-refractivity contribution in [1.29, 1.82) is 0 Å². The van der Waals surface area contributed by atoms with Crippen molar-refractivity contribution in [2.45, 2.75) is 304 Å². The maximum atomic E-state index is 12.9. The zero-order valence-corrected chi connectivity index (χ0v) is 51.7. The van der Waals surface area contributed by atoms with Gasteiger partial charge >= 0.3 is 39.5 Å². The molecule has 17 nitrogen and oxygen atoms in total. The van der Waals surface area contributed by atoms with Gasteiger partial charge in [-0.3, -0.25) is 37.3 Å². The Morgan fingerprint density at radius 3 is 0.872 bits per heavy atom. The second kappa shape index (κ2) is 51.9. The molecule has 0 fully saturated rings. The van der Waals surface area contributed by atoms with E-state index >= 15 is 0 Å². The van der Waals surface area contributed by atoms with Crippen molar-refractivity contribution in [2.24, 2.45) is 11.8 Å². The largest absolute Gasteiger partial charge is 0.472 e. The quantitative estimate of drug-likeness (QED) is 0.0222. The van der Waals surface area contributed by atoms with Gasteiger partial charge in [0.05, 0.1) is 26.4 Å². The third kappa shape index (κ3) is 53.4. The summed E-state index contributed by atoms with van der Waals surface area (Å²) in [6, 6.07) is 0. The van der Waals surface area contributed by atoms with Crippen LogP contribution in [-0.4, -0.2) is 96.7 Å². The van der Waals surface area contributed by atoms with Crippen LogP contribution in [0.5, 0.6) is 0 Å². The Kier molecular flexibility index (Phi) is 50.6. The van der Waals surface area contributed by atoms with Crippen LogP contribution in [0.1, 0.15) is 286 Å². The SMILES string of the molecule is CCCCCCCCCCCC(=O)OC[C@H](COP(=O)(O)OC[C@H](O)COP(=O)(O)OC[C@@H](COC(=O)CCCCCCCCCC(C)C)OC(=O)CCCCCCCCCC(C)C)OC(=O)CCCCCCCCCCC. The van der Waals surface area contributed by atoms with Crippen molar-refractivity contribution in [2.75, 3.05) is 39.6 Å². The lowest BCUT2D eigenvalue weighted by molar-refractivity contribution is -0.161. The Morgan fingerprint density at radius 2 is 0.590 bits per heavy atom. The maximum Gasteiger partial charge on any atom is 0.472 e. The summed E-state index contributed by atoms with van der Waals surface area (Å²) < 4.78 is 67.7. The Balaban J connectivity index is 5.23. The van der Waals surface area contributed by atoms with Crippen LogP contribution in [0.15, 0.2) is 0 Å². The molecule has 0 heterocycles. The van der Waals surface area contributed by atoms with Crippen molar-refractivity contribution in [3.63, 3.8) is 0 Å². The number of carbonyl (C=O) groups is 4. The van der Waals surface area contributed by atoms with E-state index in [0.717, 1.165) is 96.3 Å². The molecule has 3 N–H and O–H groups in total. The topological polar surface area (TPSA) is 237 Å². The molecule has 0 saturated carbocycles. The first-order valence-electron chi connectivity index (χ1n) is 31.0. The van der Waals surface area contributed by atoms with Crippen molar-refractivity contribution < 1.29 is 80.2 Å². The molecule has 0 radical (unpaired) electrons. The number of hydrogen-bond acceptors (Lipinski definition) is 15. The second-order valence-electron chi connectivity index (χ2n) is 22.3. The van der Waals surface area contributed by atoms with Gasteiger partial charge in [0.15, 0.2) is 12.2 Å². The number of phosphoric ester groups is 2. The predicted molar refractivity (Wildman–Crippen MR) is 308 cm³/mol. The van der Waals surface area contributed by atoms with Gasteiger partial charge in [-0.25, -0.2) is 9.13 Å². The molecular formula is C59H114O17P2. The highest BCUT2D eigenvalue weighted by Gasteiger charge is 2.30. The number of rotatable bonds is 58. The minimum atomic E-state index is -4.94. The number of hydrogen-bond donors (Lipinski definition) is 3. The van der Waals surface area contributed by atoms with Gasteiger partial charge in [0, 0.05) is 25.7 Å². The van der Waals surface area contributed by atoms with Crippen molar-refractivity contribution in [1.82, 2.24) is 0 Å². The van der Waals surface area contributed by atoms with Gasteiger partial charge in [0.2, 0.25) is 0 Å². The summed E-state index contributed by atoms with van der Waals surface area (Å²) in [5, 5.41) is 10.5. The van der Waals surface area contributed by atoms with Gasteiger partial charge in [0.1, 0.15) is 19.3 Å². The first-order valence-corrected chi connectivity index (χ1v) is 34.0. The molecule has 0 aromatic heterocycles. The van der Waals surface area contributed by atoms with Crippen LogP contribution >= 0.6 is 15.6 Å². The number of carbonyl (C=O) groups excluding carboxylic acids is 4. The number of phosphoric acid groups is 2. The molecule has 78 heavy (non-hydrogen) atoms. The predicted octanol–water partition coefficient (Wildman–Crippen LogP) is 15.7. The van der Waals surface area contributed by atoms with E-state index < -0.39 is 97.5 Å². The third-order valence-electron chi connectivity index (χ3n) is 13.5. The summed E-state index contributed by atoms with van der Waals surface area (Å²) in [6.07, 6.45) is 32.3. The minimum absolute atomic E-state index is 0.102. The van der Waals surface area contributed by atoms with E-state index in [1.54, 1.807) is 0 Å². The summed E-state index contributed by atoms with van der Waals surface area (Å²) in [5.74, 6) is -0.745. The van der Waals surface area contributed by atoms with Crippen molar-refractivity contribution >= 4 is 39.5 Å². The van der Waals surface area contributed by atoms with Crippen LogP contribution < -0.4 is 0 Å². The molecule has 0 aromatic carbocycles. The van der Waals surface area contributed by atoms with E-state index in [1.165, 1.54) is 96.3 Å². The average molecular weight is 1160 g/mol. The highest BCUT2D eigenvalue weighted by atomic mass is 31.2. The monoisotopic (exact) mass is 1160 g/mol. The Labute approximate surface area is 473 Å². The van der Waals surface area contributed by atoms with Gasteiger partial charge in [-0.1, -0.05) is 234 Å². The van der Waals surface area contributed by atoms with Gasteiger partial charge in [-0.2, -0.15) is 0 Å². The Hall–Kier alpha value is -1.94. The molecule has 462 valence electrons. The smallest absolute Gasteiger partial charge is 0.462 e. The normalized spacial score (nSPS) is 14.4. The summed E-state index contributed by atoms with van der Waals surface area (Å²) in [7, 11) is -9.87. The fourth-order valence-corrected chi connectivity index (χ4v) is 10.2. The fourth-order valence-electron chi connectivity index (χ4n) is 8.65. The average Bonchev–Trinajstić information content (AvgIpc) is 3.39. The number of esters is 4. The number of aliphatic hydroxyl groups excluding tert-OH is 1. The van der Waals surface area contributed by atoms with E-state index in [1.807, 2.05) is 0 Å². The number of aliphatic hydroxyl groups is 1. The molecule has 0 rings (SSSR count). The van der Waals surface area contributed by atoms with Crippen LogP contribution in [0.3, 0.4) is 0 Å². The van der Waals surface area contributed by atoms with Crippen molar-refractivity contribution in [3.05, 3.63) is 0 Å².